The van der Waals surface area contributed by atoms with Gasteiger partial charge in [0.1, 0.15) is 5.76 Å². The van der Waals surface area contributed by atoms with Crippen molar-refractivity contribution in [1.82, 2.24) is 25.2 Å². The third-order valence-electron chi connectivity index (χ3n) is 3.76. The van der Waals surface area contributed by atoms with E-state index in [1.54, 1.807) is 0 Å². The van der Waals surface area contributed by atoms with Crippen molar-refractivity contribution in [2.75, 3.05) is 13.6 Å². The van der Waals surface area contributed by atoms with Crippen LogP contribution in [-0.4, -0.2) is 33.4 Å². The second-order valence-electron chi connectivity index (χ2n) is 5.50. The molecule has 6 heteroatoms. The number of hydrogen-bond acceptors (Lipinski definition) is 5. The van der Waals surface area contributed by atoms with Crippen molar-refractivity contribution < 1.29 is 4.52 Å². The summed E-state index contributed by atoms with van der Waals surface area (Å²) in [6.45, 7) is 8.50. The Labute approximate surface area is 118 Å². The van der Waals surface area contributed by atoms with Crippen molar-refractivity contribution >= 4 is 0 Å². The van der Waals surface area contributed by atoms with Crippen LogP contribution in [0.4, 0.5) is 0 Å². The molecule has 0 saturated carbocycles. The molecule has 6 nitrogen and oxygen atoms in total. The summed E-state index contributed by atoms with van der Waals surface area (Å²) >= 11 is 0. The number of nitrogens with zero attached hydrogens (tertiary/aromatic N) is 4. The lowest BCUT2D eigenvalue weighted by molar-refractivity contribution is 0.309. The fourth-order valence-corrected chi connectivity index (χ4v) is 2.66. The summed E-state index contributed by atoms with van der Waals surface area (Å²) in [6, 6.07) is 2.19. The average molecular weight is 275 g/mol. The van der Waals surface area contributed by atoms with Crippen LogP contribution in [0.1, 0.15) is 28.4 Å². The number of hydrogen-bond donors (Lipinski definition) is 1. The van der Waals surface area contributed by atoms with Crippen LogP contribution in [0, 0.1) is 13.8 Å². The predicted molar refractivity (Wildman–Crippen MR) is 75.1 cm³/mol. The summed E-state index contributed by atoms with van der Waals surface area (Å²) in [5.74, 6) is 0.905. The smallest absolute Gasteiger partial charge is 0.138 e. The van der Waals surface area contributed by atoms with Gasteiger partial charge < -0.3 is 9.84 Å². The number of rotatable bonds is 4. The van der Waals surface area contributed by atoms with Gasteiger partial charge >= 0.3 is 0 Å². The standard InChI is InChI=1S/C14H21N5O/c1-10-14(11(2)20-17-10)9-18(3)8-12-6-13-7-15-4-5-19(13)16-12/h6,15H,4-5,7-9H2,1-3H3. The topological polar surface area (TPSA) is 59.1 Å². The van der Waals surface area contributed by atoms with Crippen LogP contribution in [0.15, 0.2) is 10.6 Å². The normalized spacial score (nSPS) is 14.8. The van der Waals surface area contributed by atoms with Gasteiger partial charge in [0.15, 0.2) is 0 Å². The van der Waals surface area contributed by atoms with Gasteiger partial charge in [-0.25, -0.2) is 0 Å². The van der Waals surface area contributed by atoms with E-state index in [1.807, 2.05) is 13.8 Å². The Bertz CT molecular complexity index is 558. The van der Waals surface area contributed by atoms with E-state index in [2.05, 4.69) is 38.3 Å². The zero-order valence-corrected chi connectivity index (χ0v) is 12.3. The van der Waals surface area contributed by atoms with Crippen molar-refractivity contribution in [3.63, 3.8) is 0 Å². The Morgan fingerprint density at radius 2 is 2.25 bits per heavy atom. The molecular weight excluding hydrogens is 254 g/mol. The highest BCUT2D eigenvalue weighted by molar-refractivity contribution is 5.20. The largest absolute Gasteiger partial charge is 0.361 e. The summed E-state index contributed by atoms with van der Waals surface area (Å²) in [5, 5.41) is 12.0. The summed E-state index contributed by atoms with van der Waals surface area (Å²) in [5.41, 5.74) is 4.55. The van der Waals surface area contributed by atoms with Gasteiger partial charge in [-0.1, -0.05) is 5.16 Å². The van der Waals surface area contributed by atoms with Crippen molar-refractivity contribution in [3.05, 3.63) is 34.5 Å². The van der Waals surface area contributed by atoms with Gasteiger partial charge in [-0.2, -0.15) is 5.10 Å². The van der Waals surface area contributed by atoms with E-state index >= 15 is 0 Å². The molecule has 1 aliphatic rings. The molecule has 1 N–H and O–H groups in total. The van der Waals surface area contributed by atoms with Crippen molar-refractivity contribution in [1.29, 1.82) is 0 Å². The highest BCUT2D eigenvalue weighted by atomic mass is 16.5. The highest BCUT2D eigenvalue weighted by Crippen LogP contribution is 2.16. The molecule has 0 aromatic carbocycles. The quantitative estimate of drug-likeness (QED) is 0.909. The number of aromatic nitrogens is 3. The lowest BCUT2D eigenvalue weighted by Gasteiger charge is -2.15. The van der Waals surface area contributed by atoms with Crippen LogP contribution in [0.2, 0.25) is 0 Å². The maximum absolute atomic E-state index is 5.21. The fourth-order valence-electron chi connectivity index (χ4n) is 2.66. The van der Waals surface area contributed by atoms with Gasteiger partial charge in [-0.15, -0.1) is 0 Å². The van der Waals surface area contributed by atoms with E-state index in [-0.39, 0.29) is 0 Å². The van der Waals surface area contributed by atoms with Crippen LogP contribution in [0.3, 0.4) is 0 Å². The second-order valence-corrected chi connectivity index (χ2v) is 5.50. The molecule has 2 aromatic heterocycles. The SMILES string of the molecule is Cc1noc(C)c1CN(C)Cc1cc2n(n1)CCNC2. The summed E-state index contributed by atoms with van der Waals surface area (Å²) < 4.78 is 7.31. The second kappa shape index (κ2) is 5.38. The predicted octanol–water partition coefficient (Wildman–Crippen LogP) is 1.22. The summed E-state index contributed by atoms with van der Waals surface area (Å²) in [7, 11) is 2.10. The first kappa shape index (κ1) is 13.3. The maximum atomic E-state index is 5.21. The minimum Gasteiger partial charge on any atom is -0.361 e. The van der Waals surface area contributed by atoms with E-state index in [0.29, 0.717) is 0 Å². The van der Waals surface area contributed by atoms with Crippen molar-refractivity contribution in [2.24, 2.45) is 0 Å². The molecule has 0 radical (unpaired) electrons. The van der Waals surface area contributed by atoms with Gasteiger partial charge in [-0.05, 0) is 27.0 Å². The zero-order valence-electron chi connectivity index (χ0n) is 12.3. The monoisotopic (exact) mass is 275 g/mol. The Kier molecular flexibility index (Phi) is 3.58. The van der Waals surface area contributed by atoms with Crippen LogP contribution < -0.4 is 5.32 Å². The highest BCUT2D eigenvalue weighted by Gasteiger charge is 2.15. The molecule has 108 valence electrons. The van der Waals surface area contributed by atoms with E-state index in [4.69, 9.17) is 4.52 Å². The van der Waals surface area contributed by atoms with Crippen LogP contribution in [0.25, 0.3) is 0 Å². The van der Waals surface area contributed by atoms with E-state index < -0.39 is 0 Å². The number of fused-ring (bicyclic) bond motifs is 1. The van der Waals surface area contributed by atoms with Gasteiger partial charge in [0.05, 0.1) is 23.6 Å². The van der Waals surface area contributed by atoms with Gasteiger partial charge in [0, 0.05) is 31.7 Å². The lowest BCUT2D eigenvalue weighted by Crippen LogP contribution is -2.28. The average Bonchev–Trinajstić information content (AvgIpc) is 2.96. The molecule has 3 heterocycles. The molecule has 0 amide bonds. The molecule has 2 aromatic rings. The number of nitrogens with one attached hydrogen (secondary N) is 1. The third-order valence-corrected chi connectivity index (χ3v) is 3.76. The molecule has 0 atom stereocenters. The van der Waals surface area contributed by atoms with E-state index in [9.17, 15) is 0 Å². The number of aryl methyl sites for hydroxylation is 2. The molecule has 20 heavy (non-hydrogen) atoms. The van der Waals surface area contributed by atoms with Crippen LogP contribution in [-0.2, 0) is 26.2 Å². The molecule has 0 saturated heterocycles. The third kappa shape index (κ3) is 2.62. The Hall–Kier alpha value is -1.66. The first-order valence-corrected chi connectivity index (χ1v) is 7.00. The molecule has 3 rings (SSSR count). The minimum absolute atomic E-state index is 0.835. The molecule has 0 aliphatic carbocycles. The Balaban J connectivity index is 1.67. The minimum atomic E-state index is 0.835. The molecular formula is C14H21N5O. The Morgan fingerprint density at radius 3 is 2.95 bits per heavy atom. The van der Waals surface area contributed by atoms with Crippen molar-refractivity contribution in [3.8, 4) is 0 Å². The van der Waals surface area contributed by atoms with Crippen molar-refractivity contribution in [2.45, 2.75) is 40.0 Å². The summed E-state index contributed by atoms with van der Waals surface area (Å²) in [6.07, 6.45) is 0. The maximum Gasteiger partial charge on any atom is 0.138 e. The van der Waals surface area contributed by atoms with Gasteiger partial charge in [0.25, 0.3) is 0 Å². The molecule has 1 aliphatic heterocycles. The van der Waals surface area contributed by atoms with Crippen LogP contribution in [0.5, 0.6) is 0 Å². The zero-order chi connectivity index (χ0) is 14.1. The first-order valence-electron chi connectivity index (χ1n) is 7.00. The molecule has 0 bridgehead atoms. The Morgan fingerprint density at radius 1 is 1.40 bits per heavy atom. The first-order chi connectivity index (χ1) is 9.63. The summed E-state index contributed by atoms with van der Waals surface area (Å²) in [4.78, 5) is 2.24. The fraction of sp³-hybridized carbons (Fsp3) is 0.571. The van der Waals surface area contributed by atoms with Crippen LogP contribution >= 0.6 is 0 Å². The lowest BCUT2D eigenvalue weighted by atomic mass is 10.2. The van der Waals surface area contributed by atoms with Gasteiger partial charge in [-0.3, -0.25) is 9.58 Å². The molecule has 0 spiro atoms. The van der Waals surface area contributed by atoms with Gasteiger partial charge in [0.2, 0.25) is 0 Å². The molecule has 0 unspecified atom stereocenters. The molecule has 0 fully saturated rings. The van der Waals surface area contributed by atoms with E-state index in [0.717, 1.165) is 49.9 Å². The van der Waals surface area contributed by atoms with E-state index in [1.165, 1.54) is 11.3 Å².